The summed E-state index contributed by atoms with van der Waals surface area (Å²) in [6.07, 6.45) is 5.60. The van der Waals surface area contributed by atoms with Crippen LogP contribution in [-0.2, 0) is 17.8 Å². The van der Waals surface area contributed by atoms with E-state index in [0.717, 1.165) is 54.3 Å². The lowest BCUT2D eigenvalue weighted by Gasteiger charge is -2.31. The van der Waals surface area contributed by atoms with E-state index in [0.29, 0.717) is 31.5 Å². The Morgan fingerprint density at radius 2 is 1.74 bits per heavy atom. The monoisotopic (exact) mass is 475 g/mol. The minimum Gasteiger partial charge on any atom is -0.339 e. The summed E-state index contributed by atoms with van der Waals surface area (Å²) in [6.45, 7) is 3.90. The van der Waals surface area contributed by atoms with Crippen LogP contribution < -0.4 is 5.32 Å². The number of benzene rings is 2. The maximum absolute atomic E-state index is 13.2. The van der Waals surface area contributed by atoms with Crippen LogP contribution >= 0.6 is 0 Å². The molecule has 0 bridgehead atoms. The molecular formula is C27H30FN5O2. The summed E-state index contributed by atoms with van der Waals surface area (Å²) in [6, 6.07) is 11.6. The van der Waals surface area contributed by atoms with Gasteiger partial charge in [0, 0.05) is 48.8 Å². The summed E-state index contributed by atoms with van der Waals surface area (Å²) >= 11 is 0. The van der Waals surface area contributed by atoms with Crippen LogP contribution in [0, 0.1) is 18.7 Å². The van der Waals surface area contributed by atoms with Crippen LogP contribution in [0.5, 0.6) is 0 Å². The maximum atomic E-state index is 13.2. The Kier molecular flexibility index (Phi) is 6.61. The first kappa shape index (κ1) is 23.2. The summed E-state index contributed by atoms with van der Waals surface area (Å²) in [5.41, 5.74) is 3.18. The van der Waals surface area contributed by atoms with Crippen molar-refractivity contribution in [2.45, 2.75) is 52.0 Å². The van der Waals surface area contributed by atoms with E-state index in [9.17, 15) is 14.0 Å². The molecule has 0 atom stereocenters. The van der Waals surface area contributed by atoms with Gasteiger partial charge in [0.2, 0.25) is 5.91 Å². The predicted octanol–water partition coefficient (Wildman–Crippen LogP) is 4.61. The number of nitrogens with zero attached hydrogens (tertiary/aromatic N) is 4. The zero-order chi connectivity index (χ0) is 24.4. The Hall–Kier alpha value is -3.55. The predicted molar refractivity (Wildman–Crippen MR) is 131 cm³/mol. The third-order valence-electron chi connectivity index (χ3n) is 7.11. The van der Waals surface area contributed by atoms with Gasteiger partial charge in [-0.05, 0) is 68.5 Å². The van der Waals surface area contributed by atoms with Gasteiger partial charge in [-0.25, -0.2) is 4.39 Å². The fourth-order valence-electron chi connectivity index (χ4n) is 4.95. The number of aromatic nitrogens is 3. The largest absolute Gasteiger partial charge is 0.339 e. The molecule has 2 aliphatic rings. The van der Waals surface area contributed by atoms with Crippen molar-refractivity contribution in [1.82, 2.24) is 19.7 Å². The molecule has 2 aromatic carbocycles. The normalized spacial score (nSPS) is 16.5. The number of amides is 2. The highest BCUT2D eigenvalue weighted by molar-refractivity contribution is 5.96. The van der Waals surface area contributed by atoms with Crippen LogP contribution in [0.25, 0.3) is 11.4 Å². The van der Waals surface area contributed by atoms with Gasteiger partial charge in [-0.2, -0.15) is 0 Å². The van der Waals surface area contributed by atoms with Crippen molar-refractivity contribution in [1.29, 1.82) is 0 Å². The van der Waals surface area contributed by atoms with Crippen LogP contribution in [0.15, 0.2) is 42.5 Å². The first-order valence-electron chi connectivity index (χ1n) is 12.4. The third kappa shape index (κ3) is 4.97. The molecule has 0 unspecified atom stereocenters. The molecule has 1 N–H and O–H groups in total. The molecule has 1 saturated heterocycles. The lowest BCUT2D eigenvalue weighted by atomic mass is 9.95. The van der Waals surface area contributed by atoms with E-state index in [1.54, 1.807) is 4.90 Å². The molecule has 5 rings (SSSR count). The quantitative estimate of drug-likeness (QED) is 0.598. The highest BCUT2D eigenvalue weighted by atomic mass is 19.1. The Bertz CT molecular complexity index is 1230. The molecule has 1 aromatic heterocycles. The Labute approximate surface area is 204 Å². The molecule has 1 fully saturated rings. The summed E-state index contributed by atoms with van der Waals surface area (Å²) in [4.78, 5) is 27.5. The molecule has 0 radical (unpaired) electrons. The Morgan fingerprint density at radius 3 is 2.51 bits per heavy atom. The van der Waals surface area contributed by atoms with Crippen molar-refractivity contribution in [3.05, 3.63) is 65.2 Å². The number of aryl methyl sites for hydroxylation is 2. The second-order valence-electron chi connectivity index (χ2n) is 9.49. The molecule has 7 nitrogen and oxygen atoms in total. The highest BCUT2D eigenvalue weighted by Crippen LogP contribution is 2.28. The zero-order valence-corrected chi connectivity index (χ0v) is 20.0. The standard InChI is InChI=1S/C27H30FN5O2/c1-18-6-7-21(25-31-30-24-5-3-2-4-14-33(24)25)17-23(18)29-26(34)19-12-15-32(16-13-19)27(35)20-8-10-22(28)11-9-20/h6-11,17,19H,2-5,12-16H2,1H3,(H,29,34). The van der Waals surface area contributed by atoms with Crippen LogP contribution in [0.3, 0.4) is 0 Å². The fourth-order valence-corrected chi connectivity index (χ4v) is 4.95. The number of hydrogen-bond acceptors (Lipinski definition) is 4. The van der Waals surface area contributed by atoms with E-state index in [2.05, 4.69) is 20.1 Å². The number of anilines is 1. The average Bonchev–Trinajstić information content (AvgIpc) is 3.13. The van der Waals surface area contributed by atoms with E-state index in [-0.39, 0.29) is 23.5 Å². The summed E-state index contributed by atoms with van der Waals surface area (Å²) < 4.78 is 15.4. The average molecular weight is 476 g/mol. The maximum Gasteiger partial charge on any atom is 0.253 e. The van der Waals surface area contributed by atoms with Crippen LogP contribution in [-0.4, -0.2) is 44.6 Å². The molecule has 35 heavy (non-hydrogen) atoms. The number of hydrogen-bond donors (Lipinski definition) is 1. The van der Waals surface area contributed by atoms with Gasteiger partial charge in [-0.3, -0.25) is 9.59 Å². The molecule has 0 saturated carbocycles. The van der Waals surface area contributed by atoms with Gasteiger partial charge >= 0.3 is 0 Å². The molecule has 2 amide bonds. The Morgan fingerprint density at radius 1 is 0.971 bits per heavy atom. The Balaban J connectivity index is 1.24. The van der Waals surface area contributed by atoms with E-state index >= 15 is 0 Å². The number of nitrogens with one attached hydrogen (secondary N) is 1. The SMILES string of the molecule is Cc1ccc(-c2nnc3n2CCCCC3)cc1NC(=O)C1CCN(C(=O)c2ccc(F)cc2)CC1. The van der Waals surface area contributed by atoms with Gasteiger partial charge in [-0.15, -0.1) is 10.2 Å². The molecule has 182 valence electrons. The first-order valence-corrected chi connectivity index (χ1v) is 12.4. The summed E-state index contributed by atoms with van der Waals surface area (Å²) in [7, 11) is 0. The van der Waals surface area contributed by atoms with Crippen LogP contribution in [0.2, 0.25) is 0 Å². The van der Waals surface area contributed by atoms with Crippen molar-refractivity contribution in [3.8, 4) is 11.4 Å². The number of likely N-dealkylation sites (tertiary alicyclic amines) is 1. The van der Waals surface area contributed by atoms with Crippen molar-refractivity contribution >= 4 is 17.5 Å². The lowest BCUT2D eigenvalue weighted by molar-refractivity contribution is -0.121. The number of halogens is 1. The minimum absolute atomic E-state index is 0.0285. The van der Waals surface area contributed by atoms with Crippen molar-refractivity contribution in [2.75, 3.05) is 18.4 Å². The van der Waals surface area contributed by atoms with Gasteiger partial charge in [-0.1, -0.05) is 18.6 Å². The molecule has 0 spiro atoms. The summed E-state index contributed by atoms with van der Waals surface area (Å²) in [5.74, 6) is 1.20. The van der Waals surface area contributed by atoms with Crippen LogP contribution in [0.1, 0.15) is 53.8 Å². The number of fused-ring (bicyclic) bond motifs is 1. The van der Waals surface area contributed by atoms with E-state index < -0.39 is 0 Å². The number of carbonyl (C=O) groups is 2. The van der Waals surface area contributed by atoms with Gasteiger partial charge in [0.15, 0.2) is 5.82 Å². The minimum atomic E-state index is -0.365. The molecule has 2 aliphatic heterocycles. The number of piperidine rings is 1. The molecule has 8 heteroatoms. The molecule has 0 aliphatic carbocycles. The van der Waals surface area contributed by atoms with Gasteiger partial charge in [0.1, 0.15) is 11.6 Å². The molecule has 3 heterocycles. The van der Waals surface area contributed by atoms with Crippen molar-refractivity contribution in [3.63, 3.8) is 0 Å². The third-order valence-corrected chi connectivity index (χ3v) is 7.11. The van der Waals surface area contributed by atoms with E-state index in [1.165, 1.54) is 30.7 Å². The summed E-state index contributed by atoms with van der Waals surface area (Å²) in [5, 5.41) is 12.0. The second-order valence-corrected chi connectivity index (χ2v) is 9.49. The number of carbonyl (C=O) groups excluding carboxylic acids is 2. The zero-order valence-electron chi connectivity index (χ0n) is 20.0. The first-order chi connectivity index (χ1) is 17.0. The molecular weight excluding hydrogens is 445 g/mol. The van der Waals surface area contributed by atoms with Gasteiger partial charge in [0.25, 0.3) is 5.91 Å². The fraction of sp³-hybridized carbons (Fsp3) is 0.407. The van der Waals surface area contributed by atoms with Gasteiger partial charge < -0.3 is 14.8 Å². The smallest absolute Gasteiger partial charge is 0.253 e. The topological polar surface area (TPSA) is 80.1 Å². The van der Waals surface area contributed by atoms with E-state index in [1.807, 2.05) is 25.1 Å². The van der Waals surface area contributed by atoms with Crippen molar-refractivity contribution < 1.29 is 14.0 Å². The second kappa shape index (κ2) is 9.98. The number of rotatable bonds is 4. The van der Waals surface area contributed by atoms with Gasteiger partial charge in [0.05, 0.1) is 0 Å². The van der Waals surface area contributed by atoms with Crippen LogP contribution in [0.4, 0.5) is 10.1 Å². The van der Waals surface area contributed by atoms with Crippen molar-refractivity contribution in [2.24, 2.45) is 5.92 Å². The van der Waals surface area contributed by atoms with E-state index in [4.69, 9.17) is 0 Å². The lowest BCUT2D eigenvalue weighted by Crippen LogP contribution is -2.41. The highest BCUT2D eigenvalue weighted by Gasteiger charge is 2.28. The molecule has 3 aromatic rings.